The smallest absolute Gasteiger partial charge is 0.251 e. The van der Waals surface area contributed by atoms with Crippen LogP contribution in [0.1, 0.15) is 16.8 Å². The van der Waals surface area contributed by atoms with Crippen LogP contribution in [0.25, 0.3) is 0 Å². The molecule has 0 saturated heterocycles. The summed E-state index contributed by atoms with van der Waals surface area (Å²) in [5.74, 6) is -0.133. The molecule has 0 aliphatic heterocycles. The number of nitrogens with one attached hydrogen (secondary N) is 1. The van der Waals surface area contributed by atoms with Gasteiger partial charge in [-0.15, -0.1) is 0 Å². The van der Waals surface area contributed by atoms with Crippen molar-refractivity contribution in [1.82, 2.24) is 9.88 Å². The molecule has 1 aromatic heterocycles. The third kappa shape index (κ3) is 4.01. The molecule has 1 amide bonds. The third-order valence-corrected chi connectivity index (χ3v) is 3.47. The van der Waals surface area contributed by atoms with Gasteiger partial charge in [-0.2, -0.15) is 0 Å². The highest BCUT2D eigenvalue weighted by Gasteiger charge is 2.07. The van der Waals surface area contributed by atoms with Crippen LogP contribution >= 0.6 is 23.2 Å². The van der Waals surface area contributed by atoms with Gasteiger partial charge in [-0.3, -0.25) is 4.79 Å². The fourth-order valence-electron chi connectivity index (χ4n) is 1.72. The van der Waals surface area contributed by atoms with Gasteiger partial charge in [0.05, 0.1) is 10.0 Å². The Bertz CT molecular complexity index is 553. The molecule has 0 aliphatic carbocycles. The third-order valence-electron chi connectivity index (χ3n) is 2.73. The predicted molar refractivity (Wildman–Crippen MR) is 77.8 cm³/mol. The van der Waals surface area contributed by atoms with Gasteiger partial charge in [0.15, 0.2) is 0 Å². The van der Waals surface area contributed by atoms with Crippen molar-refractivity contribution in [3.8, 4) is 0 Å². The zero-order valence-corrected chi connectivity index (χ0v) is 11.8. The molecule has 0 aliphatic rings. The Morgan fingerprint density at radius 3 is 2.58 bits per heavy atom. The average Bonchev–Trinajstić information content (AvgIpc) is 2.91. The molecule has 2 aromatic rings. The largest absolute Gasteiger partial charge is 0.354 e. The van der Waals surface area contributed by atoms with Gasteiger partial charge in [0, 0.05) is 31.0 Å². The van der Waals surface area contributed by atoms with E-state index in [1.807, 2.05) is 24.5 Å². The minimum absolute atomic E-state index is 0.133. The van der Waals surface area contributed by atoms with Crippen LogP contribution in [0.4, 0.5) is 0 Å². The first-order chi connectivity index (χ1) is 9.16. The number of halogens is 2. The van der Waals surface area contributed by atoms with Gasteiger partial charge in [-0.25, -0.2) is 0 Å². The highest BCUT2D eigenvalue weighted by atomic mass is 35.5. The number of benzene rings is 1. The summed E-state index contributed by atoms with van der Waals surface area (Å²) in [6, 6.07) is 8.82. The number of amides is 1. The zero-order chi connectivity index (χ0) is 13.7. The maximum Gasteiger partial charge on any atom is 0.251 e. The summed E-state index contributed by atoms with van der Waals surface area (Å²) in [6.45, 7) is 1.51. The zero-order valence-electron chi connectivity index (χ0n) is 10.3. The standard InChI is InChI=1S/C14H14Cl2N2O/c15-12-5-4-11(10-13(12)16)14(19)17-6-3-9-18-7-1-2-8-18/h1-2,4-5,7-8,10H,3,6,9H2,(H,17,19). The molecule has 3 nitrogen and oxygen atoms in total. The van der Waals surface area contributed by atoms with Crippen molar-refractivity contribution in [2.45, 2.75) is 13.0 Å². The van der Waals surface area contributed by atoms with E-state index in [9.17, 15) is 4.79 Å². The van der Waals surface area contributed by atoms with E-state index in [1.54, 1.807) is 18.2 Å². The lowest BCUT2D eigenvalue weighted by Gasteiger charge is -2.07. The summed E-state index contributed by atoms with van der Waals surface area (Å²) < 4.78 is 2.07. The normalized spacial score (nSPS) is 10.4. The highest BCUT2D eigenvalue weighted by molar-refractivity contribution is 6.42. The van der Waals surface area contributed by atoms with E-state index >= 15 is 0 Å². The maximum absolute atomic E-state index is 11.8. The lowest BCUT2D eigenvalue weighted by Crippen LogP contribution is -2.25. The first kappa shape index (κ1) is 14.0. The van der Waals surface area contributed by atoms with Gasteiger partial charge in [0.25, 0.3) is 5.91 Å². The molecule has 5 heteroatoms. The fraction of sp³-hybridized carbons (Fsp3) is 0.214. The molecule has 1 aromatic carbocycles. The van der Waals surface area contributed by atoms with Crippen LogP contribution in [0.2, 0.25) is 10.0 Å². The van der Waals surface area contributed by atoms with Gasteiger partial charge in [-0.05, 0) is 36.8 Å². The molecule has 19 heavy (non-hydrogen) atoms. The van der Waals surface area contributed by atoms with Crippen LogP contribution in [0.15, 0.2) is 42.7 Å². The molecule has 0 spiro atoms. The first-order valence-corrected chi connectivity index (χ1v) is 6.76. The van der Waals surface area contributed by atoms with E-state index in [4.69, 9.17) is 23.2 Å². The molecule has 1 heterocycles. The SMILES string of the molecule is O=C(NCCCn1cccc1)c1ccc(Cl)c(Cl)c1. The van der Waals surface area contributed by atoms with Crippen LogP contribution in [-0.4, -0.2) is 17.0 Å². The Balaban J connectivity index is 1.79. The van der Waals surface area contributed by atoms with Crippen molar-refractivity contribution >= 4 is 29.1 Å². The number of carbonyl (C=O) groups is 1. The quantitative estimate of drug-likeness (QED) is 0.840. The second kappa shape index (κ2) is 6.64. The Morgan fingerprint density at radius 1 is 1.16 bits per heavy atom. The molecule has 0 atom stereocenters. The molecule has 1 N–H and O–H groups in total. The molecule has 0 unspecified atom stereocenters. The van der Waals surface area contributed by atoms with Crippen molar-refractivity contribution < 1.29 is 4.79 Å². The molecular weight excluding hydrogens is 283 g/mol. The fourth-order valence-corrected chi connectivity index (χ4v) is 2.02. The number of aryl methyl sites for hydroxylation is 1. The number of hydrogen-bond donors (Lipinski definition) is 1. The number of nitrogens with zero attached hydrogens (tertiary/aromatic N) is 1. The molecule has 0 bridgehead atoms. The Morgan fingerprint density at radius 2 is 1.89 bits per heavy atom. The van der Waals surface area contributed by atoms with Gasteiger partial charge < -0.3 is 9.88 Å². The highest BCUT2D eigenvalue weighted by Crippen LogP contribution is 2.22. The van der Waals surface area contributed by atoms with Crippen molar-refractivity contribution in [1.29, 1.82) is 0 Å². The van der Waals surface area contributed by atoms with Crippen molar-refractivity contribution in [2.75, 3.05) is 6.54 Å². The van der Waals surface area contributed by atoms with E-state index in [2.05, 4.69) is 9.88 Å². The van der Waals surface area contributed by atoms with E-state index in [-0.39, 0.29) is 5.91 Å². The van der Waals surface area contributed by atoms with Gasteiger partial charge >= 0.3 is 0 Å². The van der Waals surface area contributed by atoms with Crippen molar-refractivity contribution in [2.24, 2.45) is 0 Å². The minimum Gasteiger partial charge on any atom is -0.354 e. The Hall–Kier alpha value is -1.45. The number of hydrogen-bond acceptors (Lipinski definition) is 1. The second-order valence-electron chi connectivity index (χ2n) is 4.16. The number of aromatic nitrogens is 1. The van der Waals surface area contributed by atoms with Crippen LogP contribution in [0.5, 0.6) is 0 Å². The van der Waals surface area contributed by atoms with Crippen LogP contribution < -0.4 is 5.32 Å². The number of carbonyl (C=O) groups excluding carboxylic acids is 1. The molecule has 0 saturated carbocycles. The van der Waals surface area contributed by atoms with Crippen LogP contribution in [0.3, 0.4) is 0 Å². The summed E-state index contributed by atoms with van der Waals surface area (Å²) >= 11 is 11.7. The number of rotatable bonds is 5. The minimum atomic E-state index is -0.133. The predicted octanol–water partition coefficient (Wildman–Crippen LogP) is 3.62. The Kier molecular flexibility index (Phi) is 4.88. The molecule has 0 fully saturated rings. The molecule has 100 valence electrons. The molecule has 2 rings (SSSR count). The van der Waals surface area contributed by atoms with Gasteiger partial charge in [0.1, 0.15) is 0 Å². The monoisotopic (exact) mass is 296 g/mol. The lowest BCUT2D eigenvalue weighted by atomic mass is 10.2. The molecular formula is C14H14Cl2N2O. The summed E-state index contributed by atoms with van der Waals surface area (Å²) in [4.78, 5) is 11.8. The summed E-state index contributed by atoms with van der Waals surface area (Å²) in [6.07, 6.45) is 4.88. The second-order valence-corrected chi connectivity index (χ2v) is 4.97. The first-order valence-electron chi connectivity index (χ1n) is 6.01. The average molecular weight is 297 g/mol. The molecule has 0 radical (unpaired) electrons. The maximum atomic E-state index is 11.8. The van der Waals surface area contributed by atoms with Gasteiger partial charge in [0.2, 0.25) is 0 Å². The van der Waals surface area contributed by atoms with Crippen molar-refractivity contribution in [3.05, 3.63) is 58.3 Å². The lowest BCUT2D eigenvalue weighted by molar-refractivity contribution is 0.0952. The summed E-state index contributed by atoms with van der Waals surface area (Å²) in [7, 11) is 0. The summed E-state index contributed by atoms with van der Waals surface area (Å²) in [5, 5.41) is 3.69. The van der Waals surface area contributed by atoms with Crippen LogP contribution in [-0.2, 0) is 6.54 Å². The van der Waals surface area contributed by atoms with Crippen LogP contribution in [0, 0.1) is 0 Å². The van der Waals surface area contributed by atoms with Gasteiger partial charge in [-0.1, -0.05) is 23.2 Å². The summed E-state index contributed by atoms with van der Waals surface area (Å²) in [5.41, 5.74) is 0.523. The van der Waals surface area contributed by atoms with E-state index in [0.29, 0.717) is 22.2 Å². The van der Waals surface area contributed by atoms with E-state index in [0.717, 1.165) is 13.0 Å². The topological polar surface area (TPSA) is 34.0 Å². The Labute approximate surface area is 122 Å². The van der Waals surface area contributed by atoms with Crippen molar-refractivity contribution in [3.63, 3.8) is 0 Å². The van der Waals surface area contributed by atoms with E-state index < -0.39 is 0 Å². The van der Waals surface area contributed by atoms with E-state index in [1.165, 1.54) is 0 Å².